The summed E-state index contributed by atoms with van der Waals surface area (Å²) in [6, 6.07) is 66.1. The maximum absolute atomic E-state index is 6.62. The molecule has 2 aromatic heterocycles. The van der Waals surface area contributed by atoms with Gasteiger partial charge in [0.15, 0.2) is 0 Å². The zero-order chi connectivity index (χ0) is 36.3. The number of para-hydroxylation sites is 3. The lowest BCUT2D eigenvalue weighted by atomic mass is 9.89. The Labute approximate surface area is 317 Å². The molecule has 0 aliphatic carbocycles. The van der Waals surface area contributed by atoms with E-state index in [1.807, 2.05) is 12.1 Å². The molecule has 1 N–H and O–H groups in total. The highest BCUT2D eigenvalue weighted by atomic mass is 16.3. The van der Waals surface area contributed by atoms with Crippen molar-refractivity contribution < 1.29 is 4.42 Å². The van der Waals surface area contributed by atoms with Crippen LogP contribution in [-0.4, -0.2) is 4.98 Å². The first-order valence-corrected chi connectivity index (χ1v) is 18.7. The number of benzene rings is 8. The molecule has 0 amide bonds. The number of hydrogen-bond acceptors (Lipinski definition) is 4. The Kier molecular flexibility index (Phi) is 7.20. The Morgan fingerprint density at radius 1 is 0.455 bits per heavy atom. The Bertz CT molecular complexity index is 3220. The van der Waals surface area contributed by atoms with Gasteiger partial charge < -0.3 is 9.73 Å². The summed E-state index contributed by atoms with van der Waals surface area (Å²) in [4.78, 5) is 10.6. The van der Waals surface area contributed by atoms with Crippen LogP contribution in [0.25, 0.3) is 82.8 Å². The van der Waals surface area contributed by atoms with Crippen LogP contribution in [0, 0.1) is 0 Å². The first kappa shape index (κ1) is 31.2. The molecule has 11 rings (SSSR count). The molecule has 1 aliphatic rings. The third-order valence-corrected chi connectivity index (χ3v) is 10.9. The maximum atomic E-state index is 6.62. The van der Waals surface area contributed by atoms with Gasteiger partial charge in [0.1, 0.15) is 17.3 Å². The van der Waals surface area contributed by atoms with Crippen LogP contribution in [0.4, 0.5) is 0 Å². The zero-order valence-electron chi connectivity index (χ0n) is 29.8. The lowest BCUT2D eigenvalue weighted by Gasteiger charge is -2.23. The summed E-state index contributed by atoms with van der Waals surface area (Å²) < 4.78 is 6.62. The number of pyridine rings is 1. The average Bonchev–Trinajstić information content (AvgIpc) is 3.64. The lowest BCUT2D eigenvalue weighted by molar-refractivity contribution is 0.634. The van der Waals surface area contributed by atoms with E-state index in [1.54, 1.807) is 0 Å². The van der Waals surface area contributed by atoms with Gasteiger partial charge in [-0.25, -0.2) is 4.98 Å². The van der Waals surface area contributed by atoms with Crippen molar-refractivity contribution in [3.8, 4) is 33.5 Å². The number of hydrogen-bond donors (Lipinski definition) is 1. The van der Waals surface area contributed by atoms with Crippen molar-refractivity contribution in [3.05, 3.63) is 210 Å². The Morgan fingerprint density at radius 2 is 1.11 bits per heavy atom. The summed E-state index contributed by atoms with van der Waals surface area (Å²) in [6.45, 7) is 0. The SMILES string of the molecule is c1ccc(-c2ccc(C3N=c4ccccc4=C(c4cccc(-c5nc6ccccc6c6c(-c7ccccc7)c7c(cc56)oc5ccccc57)c4)N3)cc2)cc1. The van der Waals surface area contributed by atoms with E-state index in [9.17, 15) is 0 Å². The molecule has 4 heteroatoms. The molecule has 10 aromatic rings. The highest BCUT2D eigenvalue weighted by molar-refractivity contribution is 6.27. The fourth-order valence-electron chi connectivity index (χ4n) is 8.32. The second-order valence-electron chi connectivity index (χ2n) is 14.1. The van der Waals surface area contributed by atoms with E-state index in [2.05, 4.69) is 181 Å². The van der Waals surface area contributed by atoms with Crippen molar-refractivity contribution in [3.63, 3.8) is 0 Å². The second-order valence-corrected chi connectivity index (χ2v) is 14.1. The number of nitrogens with zero attached hydrogens (tertiary/aromatic N) is 2. The summed E-state index contributed by atoms with van der Waals surface area (Å²) in [6.07, 6.45) is -0.243. The van der Waals surface area contributed by atoms with Gasteiger partial charge in [0.05, 0.1) is 22.3 Å². The smallest absolute Gasteiger partial charge is 0.145 e. The normalized spacial score (nSPS) is 13.9. The molecule has 258 valence electrons. The minimum absolute atomic E-state index is 0.243. The molecule has 3 heterocycles. The first-order valence-electron chi connectivity index (χ1n) is 18.7. The fraction of sp³-hybridized carbons (Fsp3) is 0.0196. The van der Waals surface area contributed by atoms with E-state index in [0.717, 1.165) is 88.0 Å². The van der Waals surface area contributed by atoms with Crippen molar-refractivity contribution in [1.29, 1.82) is 0 Å². The quantitative estimate of drug-likeness (QED) is 0.182. The molecule has 8 aromatic carbocycles. The molecule has 0 saturated heterocycles. The molecule has 0 spiro atoms. The largest absolute Gasteiger partial charge is 0.456 e. The van der Waals surface area contributed by atoms with Crippen LogP contribution in [-0.2, 0) is 0 Å². The van der Waals surface area contributed by atoms with Crippen LogP contribution in [0.15, 0.2) is 197 Å². The van der Waals surface area contributed by atoms with Crippen molar-refractivity contribution in [2.75, 3.05) is 0 Å². The predicted molar refractivity (Wildman–Crippen MR) is 225 cm³/mol. The standard InChI is InChI=1S/C51H33N3O/c1-3-14-32(15-4-1)33-26-28-35(29-27-33)51-53-43-24-11-8-21-39(43)49(54-51)36-18-13-19-37(30-36)50-41-31-45-48(40-22-9-12-25-44(40)55-45)46(34-16-5-2-6-17-34)47(41)38-20-7-10-23-42(38)52-50/h1-31,51,54H. The lowest BCUT2D eigenvalue weighted by Crippen LogP contribution is -2.39. The summed E-state index contributed by atoms with van der Waals surface area (Å²) in [7, 11) is 0. The van der Waals surface area contributed by atoms with E-state index in [0.29, 0.717) is 0 Å². The molecule has 0 radical (unpaired) electrons. The molecule has 0 bridgehead atoms. The summed E-state index contributed by atoms with van der Waals surface area (Å²) in [5, 5.41) is 11.4. The van der Waals surface area contributed by atoms with Crippen molar-refractivity contribution in [2.45, 2.75) is 6.17 Å². The molecule has 55 heavy (non-hydrogen) atoms. The molecule has 0 fully saturated rings. The van der Waals surface area contributed by atoms with E-state index in [1.165, 1.54) is 16.5 Å². The molecular weight excluding hydrogens is 671 g/mol. The summed E-state index contributed by atoms with van der Waals surface area (Å²) in [5.74, 6) is 0. The van der Waals surface area contributed by atoms with Crippen LogP contribution >= 0.6 is 0 Å². The minimum Gasteiger partial charge on any atom is -0.456 e. The van der Waals surface area contributed by atoms with Crippen LogP contribution in [0.1, 0.15) is 17.3 Å². The minimum atomic E-state index is -0.243. The Balaban J connectivity index is 1.11. The van der Waals surface area contributed by atoms with E-state index in [4.69, 9.17) is 14.4 Å². The van der Waals surface area contributed by atoms with Gasteiger partial charge in [-0.15, -0.1) is 0 Å². The topological polar surface area (TPSA) is 50.4 Å². The van der Waals surface area contributed by atoms with Crippen molar-refractivity contribution in [1.82, 2.24) is 10.3 Å². The van der Waals surface area contributed by atoms with Gasteiger partial charge in [-0.1, -0.05) is 158 Å². The van der Waals surface area contributed by atoms with Crippen LogP contribution in [0.3, 0.4) is 0 Å². The molecule has 1 atom stereocenters. The van der Waals surface area contributed by atoms with Gasteiger partial charge in [-0.3, -0.25) is 4.99 Å². The highest BCUT2D eigenvalue weighted by Crippen LogP contribution is 2.46. The molecular formula is C51H33N3O. The second kappa shape index (κ2) is 12.7. The first-order chi connectivity index (χ1) is 27.3. The van der Waals surface area contributed by atoms with Gasteiger partial charge in [0, 0.05) is 43.3 Å². The molecule has 4 nitrogen and oxygen atoms in total. The zero-order valence-corrected chi connectivity index (χ0v) is 29.8. The highest BCUT2D eigenvalue weighted by Gasteiger charge is 2.23. The van der Waals surface area contributed by atoms with E-state index in [-0.39, 0.29) is 6.17 Å². The predicted octanol–water partition coefficient (Wildman–Crippen LogP) is 11.4. The van der Waals surface area contributed by atoms with E-state index < -0.39 is 0 Å². The van der Waals surface area contributed by atoms with Gasteiger partial charge in [-0.2, -0.15) is 0 Å². The molecule has 1 aliphatic heterocycles. The number of rotatable bonds is 5. The van der Waals surface area contributed by atoms with Crippen LogP contribution in [0.5, 0.6) is 0 Å². The third kappa shape index (κ3) is 5.22. The van der Waals surface area contributed by atoms with Crippen molar-refractivity contribution >= 4 is 49.3 Å². The summed E-state index contributed by atoms with van der Waals surface area (Å²) >= 11 is 0. The number of fused-ring (bicyclic) bond motifs is 7. The van der Waals surface area contributed by atoms with E-state index >= 15 is 0 Å². The molecule has 0 saturated carbocycles. The van der Waals surface area contributed by atoms with Gasteiger partial charge in [0.2, 0.25) is 0 Å². The van der Waals surface area contributed by atoms with Crippen LogP contribution < -0.4 is 15.9 Å². The monoisotopic (exact) mass is 703 g/mol. The number of nitrogens with one attached hydrogen (secondary N) is 1. The molecule has 1 unspecified atom stereocenters. The maximum Gasteiger partial charge on any atom is 0.145 e. The fourth-order valence-corrected chi connectivity index (χ4v) is 8.32. The third-order valence-electron chi connectivity index (χ3n) is 10.9. The number of furan rings is 1. The summed E-state index contributed by atoms with van der Waals surface area (Å²) in [5.41, 5.74) is 12.5. The Hall–Kier alpha value is -7.30. The van der Waals surface area contributed by atoms with Gasteiger partial charge in [-0.05, 0) is 58.1 Å². The van der Waals surface area contributed by atoms with Crippen LogP contribution in [0.2, 0.25) is 0 Å². The van der Waals surface area contributed by atoms with Gasteiger partial charge >= 0.3 is 0 Å². The average molecular weight is 704 g/mol. The van der Waals surface area contributed by atoms with Crippen molar-refractivity contribution in [2.24, 2.45) is 4.99 Å². The Morgan fingerprint density at radius 3 is 1.95 bits per heavy atom. The van der Waals surface area contributed by atoms with Gasteiger partial charge in [0.25, 0.3) is 0 Å². The number of aromatic nitrogens is 1.